The van der Waals surface area contributed by atoms with Crippen molar-refractivity contribution < 1.29 is 8.42 Å². The topological polar surface area (TPSA) is 60.2 Å². The van der Waals surface area contributed by atoms with Crippen LogP contribution in [0.5, 0.6) is 0 Å². The van der Waals surface area contributed by atoms with E-state index in [9.17, 15) is 8.42 Å². The number of benzene rings is 2. The first-order chi connectivity index (χ1) is 9.29. The molecule has 0 radical (unpaired) electrons. The number of hydrogen-bond donors (Lipinski definition) is 1. The van der Waals surface area contributed by atoms with E-state index in [1.54, 1.807) is 12.1 Å². The second-order valence-electron chi connectivity index (χ2n) is 4.87. The second-order valence-corrected chi connectivity index (χ2v) is 7.68. The molecule has 0 aliphatic rings. The summed E-state index contributed by atoms with van der Waals surface area (Å²) in [6.07, 6.45) is 0. The number of halogens is 1. The van der Waals surface area contributed by atoms with Crippen LogP contribution in [0, 0.1) is 13.8 Å². The van der Waals surface area contributed by atoms with Gasteiger partial charge >= 0.3 is 0 Å². The average Bonchev–Trinajstić information content (AvgIpc) is 2.33. The highest BCUT2D eigenvalue weighted by molar-refractivity contribution is 9.10. The third-order valence-corrected chi connectivity index (χ3v) is 5.88. The van der Waals surface area contributed by atoms with Gasteiger partial charge in [0.2, 0.25) is 0 Å². The van der Waals surface area contributed by atoms with Gasteiger partial charge in [0.25, 0.3) is 0 Å². The summed E-state index contributed by atoms with van der Waals surface area (Å²) in [7, 11) is -3.39. The molecule has 0 atom stereocenters. The summed E-state index contributed by atoms with van der Waals surface area (Å²) in [5.74, 6) is -0.0172. The van der Waals surface area contributed by atoms with Crippen molar-refractivity contribution in [3.63, 3.8) is 0 Å². The number of nitrogens with two attached hydrogens (primary N) is 1. The molecule has 0 heterocycles. The van der Waals surface area contributed by atoms with E-state index in [-0.39, 0.29) is 10.6 Å². The number of anilines is 1. The molecule has 0 fully saturated rings. The van der Waals surface area contributed by atoms with Crippen LogP contribution < -0.4 is 5.73 Å². The van der Waals surface area contributed by atoms with Gasteiger partial charge in [0.15, 0.2) is 9.84 Å². The molecule has 2 aromatic rings. The normalized spacial score (nSPS) is 11.6. The Morgan fingerprint density at radius 1 is 1.05 bits per heavy atom. The first-order valence-corrected chi connectivity index (χ1v) is 8.58. The summed E-state index contributed by atoms with van der Waals surface area (Å²) in [6, 6.07) is 10.4. The van der Waals surface area contributed by atoms with Crippen molar-refractivity contribution in [2.45, 2.75) is 24.5 Å². The minimum absolute atomic E-state index is 0.0172. The van der Waals surface area contributed by atoms with Gasteiger partial charge in [-0.1, -0.05) is 18.2 Å². The Morgan fingerprint density at radius 2 is 1.75 bits per heavy atom. The largest absolute Gasteiger partial charge is 0.399 e. The Balaban J connectivity index is 2.38. The highest BCUT2D eigenvalue weighted by Crippen LogP contribution is 2.27. The van der Waals surface area contributed by atoms with Crippen LogP contribution in [0.3, 0.4) is 0 Å². The van der Waals surface area contributed by atoms with Crippen LogP contribution in [-0.4, -0.2) is 8.42 Å². The quantitative estimate of drug-likeness (QED) is 0.857. The molecule has 106 valence electrons. The summed E-state index contributed by atoms with van der Waals surface area (Å²) in [5, 5.41) is 0. The summed E-state index contributed by atoms with van der Waals surface area (Å²) in [4.78, 5) is 0.268. The van der Waals surface area contributed by atoms with Crippen LogP contribution in [0.15, 0.2) is 45.8 Å². The maximum atomic E-state index is 12.5. The van der Waals surface area contributed by atoms with Crippen LogP contribution in [-0.2, 0) is 15.6 Å². The molecular formula is C15H16BrNO2S. The van der Waals surface area contributed by atoms with Crippen LogP contribution in [0.1, 0.15) is 16.7 Å². The zero-order valence-corrected chi connectivity index (χ0v) is 13.8. The van der Waals surface area contributed by atoms with Gasteiger partial charge in [-0.25, -0.2) is 8.42 Å². The van der Waals surface area contributed by atoms with Gasteiger partial charge in [-0.15, -0.1) is 0 Å². The number of nitrogen functional groups attached to an aromatic ring is 1. The Hall–Kier alpha value is -1.33. The third kappa shape index (κ3) is 3.22. The minimum Gasteiger partial charge on any atom is -0.399 e. The van der Waals surface area contributed by atoms with Crippen LogP contribution in [0.4, 0.5) is 5.69 Å². The molecule has 0 saturated heterocycles. The van der Waals surface area contributed by atoms with Crippen LogP contribution in [0.2, 0.25) is 0 Å². The summed E-state index contributed by atoms with van der Waals surface area (Å²) >= 11 is 3.26. The van der Waals surface area contributed by atoms with Gasteiger partial charge < -0.3 is 5.73 Å². The van der Waals surface area contributed by atoms with Crippen molar-refractivity contribution in [1.29, 1.82) is 0 Å². The molecule has 0 aliphatic carbocycles. The third-order valence-electron chi connectivity index (χ3n) is 3.22. The predicted molar refractivity (Wildman–Crippen MR) is 85.4 cm³/mol. The summed E-state index contributed by atoms with van der Waals surface area (Å²) in [6.45, 7) is 3.98. The standard InChI is InChI=1S/C15H16BrNO2S/c1-10-3-4-12(7-11(10)2)9-20(18,19)15-6-5-13(17)8-14(15)16/h3-8H,9,17H2,1-2H3. The highest BCUT2D eigenvalue weighted by atomic mass is 79.9. The zero-order valence-electron chi connectivity index (χ0n) is 11.4. The molecule has 2 aromatic carbocycles. The average molecular weight is 354 g/mol. The van der Waals surface area contributed by atoms with E-state index in [1.165, 1.54) is 6.07 Å². The zero-order chi connectivity index (χ0) is 14.9. The lowest BCUT2D eigenvalue weighted by molar-refractivity contribution is 0.595. The molecule has 0 unspecified atom stereocenters. The fourth-order valence-corrected chi connectivity index (χ4v) is 4.50. The first kappa shape index (κ1) is 15.1. The molecule has 0 saturated carbocycles. The first-order valence-electron chi connectivity index (χ1n) is 6.13. The van der Waals surface area contributed by atoms with E-state index in [0.717, 1.165) is 16.7 Å². The number of hydrogen-bond acceptors (Lipinski definition) is 3. The number of aryl methyl sites for hydroxylation is 2. The van der Waals surface area contributed by atoms with Gasteiger partial charge in [0.1, 0.15) is 0 Å². The van der Waals surface area contributed by atoms with Gasteiger partial charge in [0, 0.05) is 10.2 Å². The van der Waals surface area contributed by atoms with Crippen LogP contribution in [0.25, 0.3) is 0 Å². The molecule has 0 bridgehead atoms. The predicted octanol–water partition coefficient (Wildman–Crippen LogP) is 3.62. The van der Waals surface area contributed by atoms with Crippen molar-refractivity contribution in [3.05, 3.63) is 57.6 Å². The van der Waals surface area contributed by atoms with Gasteiger partial charge in [0.05, 0.1) is 10.6 Å². The number of rotatable bonds is 3. The van der Waals surface area contributed by atoms with E-state index < -0.39 is 9.84 Å². The van der Waals surface area contributed by atoms with Crippen molar-refractivity contribution in [2.75, 3.05) is 5.73 Å². The molecule has 0 spiro atoms. The van der Waals surface area contributed by atoms with Gasteiger partial charge in [-0.05, 0) is 64.7 Å². The van der Waals surface area contributed by atoms with Crippen molar-refractivity contribution in [3.8, 4) is 0 Å². The summed E-state index contributed by atoms with van der Waals surface area (Å²) in [5.41, 5.74) is 9.20. The van der Waals surface area contributed by atoms with Crippen molar-refractivity contribution >= 4 is 31.5 Å². The lowest BCUT2D eigenvalue weighted by Gasteiger charge is -2.09. The maximum absolute atomic E-state index is 12.5. The van der Waals surface area contributed by atoms with Gasteiger partial charge in [-0.3, -0.25) is 0 Å². The molecule has 2 rings (SSSR count). The van der Waals surface area contributed by atoms with Crippen LogP contribution >= 0.6 is 15.9 Å². The molecule has 2 N–H and O–H groups in total. The Morgan fingerprint density at radius 3 is 2.35 bits per heavy atom. The maximum Gasteiger partial charge on any atom is 0.183 e. The smallest absolute Gasteiger partial charge is 0.183 e. The van der Waals surface area contributed by atoms with E-state index in [0.29, 0.717) is 10.2 Å². The van der Waals surface area contributed by atoms with Crippen molar-refractivity contribution in [2.24, 2.45) is 0 Å². The fraction of sp³-hybridized carbons (Fsp3) is 0.200. The lowest BCUT2D eigenvalue weighted by Crippen LogP contribution is -2.06. The van der Waals surface area contributed by atoms with E-state index in [1.807, 2.05) is 32.0 Å². The Labute approximate surface area is 127 Å². The second kappa shape index (κ2) is 5.58. The van der Waals surface area contributed by atoms with Gasteiger partial charge in [-0.2, -0.15) is 0 Å². The molecule has 0 amide bonds. The lowest BCUT2D eigenvalue weighted by atomic mass is 10.1. The monoisotopic (exact) mass is 353 g/mol. The number of sulfone groups is 1. The van der Waals surface area contributed by atoms with E-state index in [2.05, 4.69) is 15.9 Å². The Bertz CT molecular complexity index is 754. The van der Waals surface area contributed by atoms with E-state index in [4.69, 9.17) is 5.73 Å². The molecule has 3 nitrogen and oxygen atoms in total. The molecular weight excluding hydrogens is 338 g/mol. The Kier molecular flexibility index (Phi) is 4.20. The highest BCUT2D eigenvalue weighted by Gasteiger charge is 2.18. The molecule has 0 aromatic heterocycles. The minimum atomic E-state index is -3.39. The fourth-order valence-electron chi connectivity index (χ4n) is 1.96. The molecule has 5 heteroatoms. The molecule has 0 aliphatic heterocycles. The molecule has 20 heavy (non-hydrogen) atoms. The van der Waals surface area contributed by atoms with E-state index >= 15 is 0 Å². The SMILES string of the molecule is Cc1ccc(CS(=O)(=O)c2ccc(N)cc2Br)cc1C. The summed E-state index contributed by atoms with van der Waals surface area (Å²) < 4.78 is 25.4. The van der Waals surface area contributed by atoms with Crippen molar-refractivity contribution in [1.82, 2.24) is 0 Å².